The number of benzene rings is 1. The largest absolute Gasteiger partial charge is 0.458 e. The standard InChI is InChI=1S/C19H21N3O5/c1-19(15-9-12-5-2-3-7-14(12)27-15)17(24)22(18(25)21-19)11-16(23)20-10-13-6-4-8-26-13/h2-3,5,7,9,13H,4,6,8,10-11H2,1H3,(H,20,23)(H,21,25). The molecule has 1 aromatic carbocycles. The molecule has 2 atom stereocenters. The van der Waals surface area contributed by atoms with E-state index in [1.54, 1.807) is 19.1 Å². The number of ether oxygens (including phenoxy) is 1. The van der Waals surface area contributed by atoms with E-state index >= 15 is 0 Å². The van der Waals surface area contributed by atoms with E-state index in [1.807, 2.05) is 18.2 Å². The van der Waals surface area contributed by atoms with Gasteiger partial charge in [-0.3, -0.25) is 14.5 Å². The van der Waals surface area contributed by atoms with Crippen LogP contribution in [0, 0.1) is 0 Å². The summed E-state index contributed by atoms with van der Waals surface area (Å²) in [5.41, 5.74) is -0.714. The molecule has 8 heteroatoms. The van der Waals surface area contributed by atoms with E-state index < -0.39 is 23.4 Å². The molecule has 0 bridgehead atoms. The van der Waals surface area contributed by atoms with Crippen molar-refractivity contribution < 1.29 is 23.5 Å². The normalized spacial score (nSPS) is 25.2. The minimum absolute atomic E-state index is 0.00197. The van der Waals surface area contributed by atoms with Gasteiger partial charge in [-0.25, -0.2) is 4.79 Å². The van der Waals surface area contributed by atoms with Crippen molar-refractivity contribution in [1.29, 1.82) is 0 Å². The van der Waals surface area contributed by atoms with Crippen LogP contribution in [0.3, 0.4) is 0 Å². The summed E-state index contributed by atoms with van der Waals surface area (Å²) in [5, 5.41) is 6.21. The molecular formula is C19H21N3O5. The Kier molecular flexibility index (Phi) is 4.35. The summed E-state index contributed by atoms with van der Waals surface area (Å²) >= 11 is 0. The van der Waals surface area contributed by atoms with Gasteiger partial charge < -0.3 is 19.8 Å². The number of nitrogens with zero attached hydrogens (tertiary/aromatic N) is 1. The zero-order chi connectivity index (χ0) is 19.0. The van der Waals surface area contributed by atoms with Crippen LogP contribution in [0.4, 0.5) is 4.79 Å². The first-order valence-electron chi connectivity index (χ1n) is 8.99. The Bertz CT molecular complexity index is 869. The van der Waals surface area contributed by atoms with Crippen LogP contribution in [0.2, 0.25) is 0 Å². The zero-order valence-electron chi connectivity index (χ0n) is 15.0. The van der Waals surface area contributed by atoms with Gasteiger partial charge in [-0.15, -0.1) is 0 Å². The molecule has 0 aliphatic carbocycles. The molecule has 2 N–H and O–H groups in total. The third-order valence-corrected chi connectivity index (χ3v) is 5.05. The predicted octanol–water partition coefficient (Wildman–Crippen LogP) is 1.49. The molecule has 3 heterocycles. The van der Waals surface area contributed by atoms with Crippen molar-refractivity contribution in [3.63, 3.8) is 0 Å². The molecule has 27 heavy (non-hydrogen) atoms. The van der Waals surface area contributed by atoms with Gasteiger partial charge in [-0.05, 0) is 31.9 Å². The van der Waals surface area contributed by atoms with E-state index in [-0.39, 0.29) is 12.6 Å². The Morgan fingerprint density at radius 2 is 2.19 bits per heavy atom. The van der Waals surface area contributed by atoms with Gasteiger partial charge in [0.05, 0.1) is 6.10 Å². The quantitative estimate of drug-likeness (QED) is 0.776. The second-order valence-corrected chi connectivity index (χ2v) is 7.03. The lowest BCUT2D eigenvalue weighted by atomic mass is 9.99. The van der Waals surface area contributed by atoms with Crippen molar-refractivity contribution in [2.24, 2.45) is 0 Å². The molecular weight excluding hydrogens is 350 g/mol. The number of rotatable bonds is 5. The molecule has 2 fully saturated rings. The topological polar surface area (TPSA) is 101 Å². The lowest BCUT2D eigenvalue weighted by Crippen LogP contribution is -2.44. The number of carbonyl (C=O) groups excluding carboxylic acids is 3. The van der Waals surface area contributed by atoms with E-state index in [0.717, 1.165) is 23.1 Å². The smallest absolute Gasteiger partial charge is 0.325 e. The van der Waals surface area contributed by atoms with E-state index in [4.69, 9.17) is 9.15 Å². The molecule has 2 aromatic rings. The van der Waals surface area contributed by atoms with Gasteiger partial charge in [0.2, 0.25) is 5.91 Å². The fourth-order valence-corrected chi connectivity index (χ4v) is 3.47. The fraction of sp³-hybridized carbons (Fsp3) is 0.421. The van der Waals surface area contributed by atoms with Crippen LogP contribution in [-0.2, 0) is 19.9 Å². The Balaban J connectivity index is 1.46. The van der Waals surface area contributed by atoms with Gasteiger partial charge >= 0.3 is 6.03 Å². The maximum Gasteiger partial charge on any atom is 0.325 e. The van der Waals surface area contributed by atoms with Crippen LogP contribution in [-0.4, -0.2) is 48.5 Å². The van der Waals surface area contributed by atoms with Crippen molar-refractivity contribution in [2.75, 3.05) is 19.7 Å². The highest BCUT2D eigenvalue weighted by molar-refractivity contribution is 6.09. The number of amides is 4. The number of hydrogen-bond acceptors (Lipinski definition) is 5. The second kappa shape index (κ2) is 6.70. The fourth-order valence-electron chi connectivity index (χ4n) is 3.47. The highest BCUT2D eigenvalue weighted by Gasteiger charge is 2.51. The van der Waals surface area contributed by atoms with E-state index in [9.17, 15) is 14.4 Å². The number of carbonyl (C=O) groups is 3. The maximum atomic E-state index is 12.9. The van der Waals surface area contributed by atoms with Gasteiger partial charge in [0.25, 0.3) is 5.91 Å². The minimum atomic E-state index is -1.34. The van der Waals surface area contributed by atoms with Crippen molar-refractivity contribution >= 4 is 28.8 Å². The second-order valence-electron chi connectivity index (χ2n) is 7.03. The molecule has 2 unspecified atom stereocenters. The number of urea groups is 1. The van der Waals surface area contributed by atoms with Crippen LogP contribution < -0.4 is 10.6 Å². The van der Waals surface area contributed by atoms with Crippen LogP contribution in [0.25, 0.3) is 11.0 Å². The molecule has 4 rings (SSSR count). The first-order chi connectivity index (χ1) is 13.0. The first-order valence-corrected chi connectivity index (χ1v) is 8.99. The third-order valence-electron chi connectivity index (χ3n) is 5.05. The summed E-state index contributed by atoms with van der Waals surface area (Å²) in [7, 11) is 0. The number of imide groups is 1. The molecule has 8 nitrogen and oxygen atoms in total. The molecule has 2 saturated heterocycles. The minimum Gasteiger partial charge on any atom is -0.458 e. The first kappa shape index (κ1) is 17.5. The third kappa shape index (κ3) is 3.16. The van der Waals surface area contributed by atoms with Gasteiger partial charge in [0, 0.05) is 18.5 Å². The van der Waals surface area contributed by atoms with Crippen molar-refractivity contribution in [3.8, 4) is 0 Å². The van der Waals surface area contributed by atoms with Gasteiger partial charge in [-0.1, -0.05) is 18.2 Å². The van der Waals surface area contributed by atoms with Crippen LogP contribution >= 0.6 is 0 Å². The summed E-state index contributed by atoms with van der Waals surface area (Å²) in [6.07, 6.45) is 1.87. The van der Waals surface area contributed by atoms with Crippen LogP contribution in [0.1, 0.15) is 25.5 Å². The predicted molar refractivity (Wildman–Crippen MR) is 95.8 cm³/mol. The van der Waals surface area contributed by atoms with Gasteiger partial charge in [0.1, 0.15) is 17.9 Å². The highest BCUT2D eigenvalue weighted by Crippen LogP contribution is 2.32. The highest BCUT2D eigenvalue weighted by atomic mass is 16.5. The van der Waals surface area contributed by atoms with E-state index in [0.29, 0.717) is 24.5 Å². The number of para-hydroxylation sites is 1. The molecule has 2 aliphatic rings. The number of nitrogens with one attached hydrogen (secondary N) is 2. The molecule has 4 amide bonds. The lowest BCUT2D eigenvalue weighted by molar-refractivity contribution is -0.135. The number of furan rings is 1. The Morgan fingerprint density at radius 1 is 1.37 bits per heavy atom. The number of hydrogen-bond donors (Lipinski definition) is 2. The molecule has 0 radical (unpaired) electrons. The summed E-state index contributed by atoms with van der Waals surface area (Å²) in [6.45, 7) is 2.31. The summed E-state index contributed by atoms with van der Waals surface area (Å²) < 4.78 is 11.2. The average Bonchev–Trinajstić information content (AvgIpc) is 3.36. The molecule has 0 saturated carbocycles. The van der Waals surface area contributed by atoms with Crippen molar-refractivity contribution in [2.45, 2.75) is 31.4 Å². The molecule has 2 aliphatic heterocycles. The van der Waals surface area contributed by atoms with Gasteiger partial charge in [0.15, 0.2) is 5.54 Å². The van der Waals surface area contributed by atoms with Crippen LogP contribution in [0.15, 0.2) is 34.7 Å². The zero-order valence-corrected chi connectivity index (χ0v) is 15.0. The van der Waals surface area contributed by atoms with Gasteiger partial charge in [-0.2, -0.15) is 0 Å². The van der Waals surface area contributed by atoms with Crippen molar-refractivity contribution in [3.05, 3.63) is 36.1 Å². The monoisotopic (exact) mass is 371 g/mol. The Morgan fingerprint density at radius 3 is 2.93 bits per heavy atom. The summed E-state index contributed by atoms with van der Waals surface area (Å²) in [6, 6.07) is 8.47. The summed E-state index contributed by atoms with van der Waals surface area (Å²) in [4.78, 5) is 38.3. The average molecular weight is 371 g/mol. The Hall–Kier alpha value is -2.87. The molecule has 1 aromatic heterocycles. The Labute approximate surface area is 155 Å². The number of fused-ring (bicyclic) bond motifs is 1. The summed E-state index contributed by atoms with van der Waals surface area (Å²) in [5.74, 6) is -0.578. The lowest BCUT2D eigenvalue weighted by Gasteiger charge is -2.19. The molecule has 0 spiro atoms. The van der Waals surface area contributed by atoms with E-state index in [1.165, 1.54) is 0 Å². The molecule has 142 valence electrons. The van der Waals surface area contributed by atoms with Crippen molar-refractivity contribution in [1.82, 2.24) is 15.5 Å². The van der Waals surface area contributed by atoms with Crippen LogP contribution in [0.5, 0.6) is 0 Å². The van der Waals surface area contributed by atoms with E-state index in [2.05, 4.69) is 10.6 Å². The maximum absolute atomic E-state index is 12.9. The SMILES string of the molecule is CC1(c2cc3ccccc3o2)NC(=O)N(CC(=O)NCC2CCCO2)C1=O.